The fourth-order valence-electron chi connectivity index (χ4n) is 2.00. The molecule has 0 fully saturated rings. The van der Waals surface area contributed by atoms with E-state index in [0.717, 1.165) is 0 Å². The molecule has 1 aromatic heterocycles. The number of aromatic nitrogens is 1. The summed E-state index contributed by atoms with van der Waals surface area (Å²) in [5.74, 6) is 1.54. The van der Waals surface area contributed by atoms with E-state index >= 15 is 0 Å². The smallest absolute Gasteiger partial charge is 0.270 e. The second kappa shape index (κ2) is 7.84. The van der Waals surface area contributed by atoms with Crippen LogP contribution in [0, 0.1) is 17.7 Å². The van der Waals surface area contributed by atoms with E-state index in [-0.39, 0.29) is 19.4 Å². The second-order valence-corrected chi connectivity index (χ2v) is 5.50. The third-order valence-electron chi connectivity index (χ3n) is 3.62. The number of pyridine rings is 1. The molecule has 2 rings (SSSR count). The SMILES string of the molecule is CCC(F)(F)C(C)NC(=O)c1ccc(C#Cc2cccc(F)c2)cn1.[HH]. The van der Waals surface area contributed by atoms with Gasteiger partial charge in [0, 0.05) is 25.2 Å². The molecule has 1 amide bonds. The Balaban J connectivity index is 0.00000338. The van der Waals surface area contributed by atoms with E-state index in [1.165, 1.54) is 38.2 Å². The van der Waals surface area contributed by atoms with Gasteiger partial charge in [-0.15, -0.1) is 0 Å². The maximum atomic E-state index is 13.5. The van der Waals surface area contributed by atoms with Crippen molar-refractivity contribution in [2.75, 3.05) is 0 Å². The Labute approximate surface area is 145 Å². The third-order valence-corrected chi connectivity index (χ3v) is 3.62. The lowest BCUT2D eigenvalue weighted by Gasteiger charge is -2.23. The average Bonchev–Trinajstić information content (AvgIpc) is 2.60. The van der Waals surface area contributed by atoms with Crippen molar-refractivity contribution in [2.45, 2.75) is 32.2 Å². The van der Waals surface area contributed by atoms with E-state index in [9.17, 15) is 18.0 Å². The molecule has 1 aromatic carbocycles. The van der Waals surface area contributed by atoms with Gasteiger partial charge in [-0.25, -0.2) is 18.2 Å². The van der Waals surface area contributed by atoms with Crippen LogP contribution < -0.4 is 5.32 Å². The number of carbonyl (C=O) groups excluding carboxylic acids is 1. The predicted molar refractivity (Wildman–Crippen MR) is 90.9 cm³/mol. The maximum absolute atomic E-state index is 13.5. The molecule has 3 nitrogen and oxygen atoms in total. The standard InChI is InChI=1S/C19H17F3N2O.H2/c1-3-19(21,22)13(2)24-18(25)17-10-9-15(12-23-17)8-7-14-5-4-6-16(20)11-14;/h4-6,9-13H,3H2,1-2H3,(H,24,25);1H. The summed E-state index contributed by atoms with van der Waals surface area (Å²) >= 11 is 0. The predicted octanol–water partition coefficient (Wildman–Crippen LogP) is 4.03. The van der Waals surface area contributed by atoms with Crippen LogP contribution >= 0.6 is 0 Å². The van der Waals surface area contributed by atoms with E-state index in [1.54, 1.807) is 18.2 Å². The van der Waals surface area contributed by atoms with Crippen LogP contribution in [0.15, 0.2) is 42.6 Å². The van der Waals surface area contributed by atoms with Gasteiger partial charge in [0.1, 0.15) is 11.5 Å². The van der Waals surface area contributed by atoms with Crippen LogP contribution in [-0.2, 0) is 0 Å². The van der Waals surface area contributed by atoms with Crippen LogP contribution in [0.25, 0.3) is 0 Å². The van der Waals surface area contributed by atoms with E-state index < -0.39 is 17.9 Å². The van der Waals surface area contributed by atoms with Gasteiger partial charge in [-0.2, -0.15) is 0 Å². The molecule has 0 saturated carbocycles. The lowest BCUT2D eigenvalue weighted by atomic mass is 10.1. The lowest BCUT2D eigenvalue weighted by Crippen LogP contribution is -2.45. The first-order valence-electron chi connectivity index (χ1n) is 7.74. The highest BCUT2D eigenvalue weighted by Gasteiger charge is 2.35. The minimum Gasteiger partial charge on any atom is -0.342 e. The number of alkyl halides is 2. The lowest BCUT2D eigenvalue weighted by molar-refractivity contribution is -0.0328. The number of rotatable bonds is 4. The number of hydrogen-bond donors (Lipinski definition) is 1. The van der Waals surface area contributed by atoms with E-state index in [2.05, 4.69) is 22.1 Å². The molecule has 0 spiro atoms. The van der Waals surface area contributed by atoms with E-state index in [1.807, 2.05) is 0 Å². The molecular formula is C19H19F3N2O. The first-order chi connectivity index (χ1) is 11.8. The van der Waals surface area contributed by atoms with Gasteiger partial charge in [0.15, 0.2) is 0 Å². The summed E-state index contributed by atoms with van der Waals surface area (Å²) in [6, 6.07) is 7.51. The second-order valence-electron chi connectivity index (χ2n) is 5.50. The molecule has 0 aliphatic heterocycles. The minimum atomic E-state index is -2.98. The van der Waals surface area contributed by atoms with Crippen molar-refractivity contribution in [2.24, 2.45) is 0 Å². The Kier molecular flexibility index (Phi) is 5.81. The highest BCUT2D eigenvalue weighted by molar-refractivity contribution is 5.92. The van der Waals surface area contributed by atoms with Crippen LogP contribution in [-0.4, -0.2) is 22.9 Å². The number of nitrogens with zero attached hydrogens (tertiary/aromatic N) is 1. The largest absolute Gasteiger partial charge is 0.342 e. The molecule has 1 unspecified atom stereocenters. The molecular weight excluding hydrogens is 329 g/mol. The Hall–Kier alpha value is -2.81. The fourth-order valence-corrected chi connectivity index (χ4v) is 2.00. The van der Waals surface area contributed by atoms with Gasteiger partial charge in [-0.1, -0.05) is 24.8 Å². The molecule has 1 heterocycles. The quantitative estimate of drug-likeness (QED) is 0.848. The van der Waals surface area contributed by atoms with Crippen molar-refractivity contribution in [1.82, 2.24) is 10.3 Å². The monoisotopic (exact) mass is 348 g/mol. The van der Waals surface area contributed by atoms with Crippen molar-refractivity contribution in [3.63, 3.8) is 0 Å². The molecule has 1 atom stereocenters. The summed E-state index contributed by atoms with van der Waals surface area (Å²) in [5, 5.41) is 2.24. The summed E-state index contributed by atoms with van der Waals surface area (Å²) in [5.41, 5.74) is 1.06. The van der Waals surface area contributed by atoms with Gasteiger partial charge in [0.25, 0.3) is 11.8 Å². The molecule has 0 bridgehead atoms. The number of halogens is 3. The summed E-state index contributed by atoms with van der Waals surface area (Å²) in [6.07, 6.45) is 1.00. The van der Waals surface area contributed by atoms with Crippen molar-refractivity contribution in [3.05, 3.63) is 65.2 Å². The summed E-state index contributed by atoms with van der Waals surface area (Å²) in [4.78, 5) is 15.9. The zero-order valence-electron chi connectivity index (χ0n) is 13.8. The third kappa shape index (κ3) is 5.08. The van der Waals surface area contributed by atoms with Crippen LogP contribution in [0.2, 0.25) is 0 Å². The van der Waals surface area contributed by atoms with E-state index in [4.69, 9.17) is 0 Å². The fraction of sp³-hybridized carbons (Fsp3) is 0.263. The first kappa shape index (κ1) is 18.5. The Bertz CT molecular complexity index is 814. The topological polar surface area (TPSA) is 42.0 Å². The number of amides is 1. The molecule has 0 radical (unpaired) electrons. The van der Waals surface area contributed by atoms with Crippen LogP contribution in [0.1, 0.15) is 43.3 Å². The summed E-state index contributed by atoms with van der Waals surface area (Å²) in [7, 11) is 0. The van der Waals surface area contributed by atoms with Crippen molar-refractivity contribution >= 4 is 5.91 Å². The number of benzene rings is 1. The molecule has 6 heteroatoms. The average molecular weight is 348 g/mol. The van der Waals surface area contributed by atoms with Crippen LogP contribution in [0.4, 0.5) is 13.2 Å². The zero-order chi connectivity index (χ0) is 18.4. The van der Waals surface area contributed by atoms with Crippen LogP contribution in [0.5, 0.6) is 0 Å². The van der Waals surface area contributed by atoms with Gasteiger partial charge < -0.3 is 5.32 Å². The van der Waals surface area contributed by atoms with Gasteiger partial charge in [-0.3, -0.25) is 4.79 Å². The Morgan fingerprint density at radius 3 is 2.60 bits per heavy atom. The number of nitrogens with one attached hydrogen (secondary N) is 1. The van der Waals surface area contributed by atoms with Gasteiger partial charge in [0.05, 0.1) is 6.04 Å². The van der Waals surface area contributed by atoms with Crippen molar-refractivity contribution < 1.29 is 19.4 Å². The highest BCUT2D eigenvalue weighted by Crippen LogP contribution is 2.22. The van der Waals surface area contributed by atoms with Crippen molar-refractivity contribution in [3.8, 4) is 11.8 Å². The van der Waals surface area contributed by atoms with Crippen LogP contribution in [0.3, 0.4) is 0 Å². The number of carbonyl (C=O) groups is 1. The van der Waals surface area contributed by atoms with Gasteiger partial charge >= 0.3 is 0 Å². The summed E-state index contributed by atoms with van der Waals surface area (Å²) in [6.45, 7) is 2.60. The number of hydrogen-bond acceptors (Lipinski definition) is 2. The molecule has 1 N–H and O–H groups in total. The Morgan fingerprint density at radius 1 is 1.28 bits per heavy atom. The minimum absolute atomic E-state index is 0. The molecule has 0 saturated heterocycles. The molecule has 0 aliphatic rings. The maximum Gasteiger partial charge on any atom is 0.270 e. The van der Waals surface area contributed by atoms with Gasteiger partial charge in [-0.05, 0) is 37.3 Å². The molecule has 2 aromatic rings. The zero-order valence-corrected chi connectivity index (χ0v) is 13.8. The normalized spacial score (nSPS) is 12.0. The summed E-state index contributed by atoms with van der Waals surface area (Å²) < 4.78 is 40.1. The molecule has 25 heavy (non-hydrogen) atoms. The molecule has 0 aliphatic carbocycles. The highest BCUT2D eigenvalue weighted by atomic mass is 19.3. The van der Waals surface area contributed by atoms with Gasteiger partial charge in [0.2, 0.25) is 0 Å². The Morgan fingerprint density at radius 2 is 2.00 bits per heavy atom. The molecule has 132 valence electrons. The first-order valence-corrected chi connectivity index (χ1v) is 7.74. The van der Waals surface area contributed by atoms with E-state index in [0.29, 0.717) is 11.1 Å². The van der Waals surface area contributed by atoms with Crippen molar-refractivity contribution in [1.29, 1.82) is 0 Å².